The van der Waals surface area contributed by atoms with E-state index in [-0.39, 0.29) is 43.6 Å². The number of hydrogen-bond donors (Lipinski definition) is 3. The van der Waals surface area contributed by atoms with Crippen molar-refractivity contribution in [3.8, 4) is 23.3 Å². The molecule has 20 heteroatoms. The van der Waals surface area contributed by atoms with E-state index in [4.69, 9.17) is 31.5 Å². The second kappa shape index (κ2) is 13.7. The van der Waals surface area contributed by atoms with Gasteiger partial charge in [-0.1, -0.05) is 33.5 Å². The normalized spacial score (nSPS) is 11.1. The minimum atomic E-state index is -4.60. The molecule has 1 heterocycles. The molecular weight excluding hydrogens is 610 g/mol. The number of nitro groups is 1. The average Bonchev–Trinajstić information content (AvgIpc) is 2.90. The van der Waals surface area contributed by atoms with Crippen molar-refractivity contribution in [1.29, 1.82) is 0 Å². The van der Waals surface area contributed by atoms with Gasteiger partial charge in [-0.15, -0.1) is 0 Å². The zero-order valence-electron chi connectivity index (χ0n) is 21.8. The Morgan fingerprint density at radius 2 is 1.61 bits per heavy atom. The second-order valence-corrected chi connectivity index (χ2v) is 11.8. The maximum absolute atomic E-state index is 11.7. The summed E-state index contributed by atoms with van der Waals surface area (Å²) in [6.45, 7) is 0. The molecule has 41 heavy (non-hydrogen) atoms. The molecule has 0 aliphatic rings. The van der Waals surface area contributed by atoms with Crippen LogP contribution in [0.25, 0.3) is 0 Å². The zero-order chi connectivity index (χ0) is 31.0. The van der Waals surface area contributed by atoms with Gasteiger partial charge in [0.2, 0.25) is 27.7 Å². The first-order valence-electron chi connectivity index (χ1n) is 10.8. The Labute approximate surface area is 239 Å². The van der Waals surface area contributed by atoms with Gasteiger partial charge in [-0.3, -0.25) is 15.4 Å². The number of nitrogens with one attached hydrogen (secondary N) is 2. The average molecular weight is 634 g/mol. The van der Waals surface area contributed by atoms with Crippen molar-refractivity contribution in [2.75, 3.05) is 38.6 Å². The summed E-state index contributed by atoms with van der Waals surface area (Å²) in [6, 6.07) is 11.7. The van der Waals surface area contributed by atoms with E-state index in [9.17, 15) is 31.7 Å². The number of amides is 2. The van der Waals surface area contributed by atoms with Crippen LogP contribution in [0, 0.1) is 10.1 Å². The second-order valence-electron chi connectivity index (χ2n) is 7.46. The molecule has 0 bridgehead atoms. The number of anilines is 2. The van der Waals surface area contributed by atoms with Gasteiger partial charge in [0.1, 0.15) is 22.2 Å². The van der Waals surface area contributed by atoms with Crippen LogP contribution >= 0.6 is 11.6 Å². The van der Waals surface area contributed by atoms with Crippen molar-refractivity contribution >= 4 is 55.2 Å². The molecule has 4 N–H and O–H groups in total. The number of nitrogens with zero attached hydrogens (tertiary/aromatic N) is 4. The fourth-order valence-corrected chi connectivity index (χ4v) is 4.72. The van der Waals surface area contributed by atoms with Crippen LogP contribution in [0.3, 0.4) is 0 Å². The Hall–Kier alpha value is -4.46. The molecule has 0 radical (unpaired) electrons. The fraction of sp³-hybridized carbons (Fsp3) is 0.190. The summed E-state index contributed by atoms with van der Waals surface area (Å²) in [5.41, 5.74) is 5.25. The van der Waals surface area contributed by atoms with Gasteiger partial charge in [-0.2, -0.15) is 18.4 Å². The highest BCUT2D eigenvalue weighted by Gasteiger charge is 2.28. The molecule has 0 unspecified atom stereocenters. The lowest BCUT2D eigenvalue weighted by molar-refractivity contribution is -0.383. The van der Waals surface area contributed by atoms with Crippen LogP contribution in [0.5, 0.6) is 23.3 Å². The Kier molecular flexibility index (Phi) is 11.0. The summed E-state index contributed by atoms with van der Waals surface area (Å²) < 4.78 is 62.5. The molecule has 2 amide bonds. The molecule has 222 valence electrons. The van der Waals surface area contributed by atoms with Crippen molar-refractivity contribution in [3.63, 3.8) is 0 Å². The number of halogens is 1. The minimum Gasteiger partial charge on any atom is -0.481 e. The number of ether oxygens (including phenoxy) is 3. The molecule has 0 saturated carbocycles. The van der Waals surface area contributed by atoms with Crippen LogP contribution in [-0.2, 0) is 20.2 Å². The summed E-state index contributed by atoms with van der Waals surface area (Å²) >= 11 is 5.94. The number of sulfonamides is 1. The molecule has 0 saturated heterocycles. The first kappa shape index (κ1) is 32.8. The van der Waals surface area contributed by atoms with Crippen molar-refractivity contribution in [3.05, 3.63) is 63.7 Å². The lowest BCUT2D eigenvalue weighted by Crippen LogP contribution is -2.45. The van der Waals surface area contributed by atoms with Crippen LogP contribution in [-0.4, -0.2) is 69.0 Å². The number of nitro benzene ring substituents is 1. The zero-order valence-corrected chi connectivity index (χ0v) is 24.2. The number of nitrogens with two attached hydrogens (primary N) is 1. The largest absolute Gasteiger partial charge is 0.481 e. The molecular formula is C21H24ClN7O10S2. The highest BCUT2D eigenvalue weighted by molar-refractivity contribution is 8.03. The lowest BCUT2D eigenvalue weighted by atomic mass is 10.2. The van der Waals surface area contributed by atoms with Gasteiger partial charge in [0.15, 0.2) is 0 Å². The fourth-order valence-electron chi connectivity index (χ4n) is 2.57. The summed E-state index contributed by atoms with van der Waals surface area (Å²) in [7, 11) is -5.27. The van der Waals surface area contributed by atoms with Gasteiger partial charge >= 0.3 is 16.2 Å². The van der Waals surface area contributed by atoms with E-state index in [1.54, 1.807) is 24.3 Å². The van der Waals surface area contributed by atoms with Gasteiger partial charge in [0.25, 0.3) is 5.69 Å². The smallest absolute Gasteiger partial charge is 0.336 e. The first-order chi connectivity index (χ1) is 19.1. The molecule has 0 aliphatic heterocycles. The minimum absolute atomic E-state index is 0.00654. The number of hydrogen-bond acceptors (Lipinski definition) is 13. The van der Waals surface area contributed by atoms with E-state index in [2.05, 4.69) is 9.97 Å². The first-order valence-corrected chi connectivity index (χ1v) is 14.5. The van der Waals surface area contributed by atoms with Crippen LogP contribution in [0.1, 0.15) is 0 Å². The van der Waals surface area contributed by atoms with Gasteiger partial charge in [0.05, 0.1) is 31.5 Å². The summed E-state index contributed by atoms with van der Waals surface area (Å²) in [6.07, 6.45) is 0.667. The van der Waals surface area contributed by atoms with Crippen molar-refractivity contribution in [2.24, 2.45) is 0 Å². The Balaban J connectivity index is 0.000000295. The summed E-state index contributed by atoms with van der Waals surface area (Å²) in [4.78, 5) is 29.3. The predicted molar refractivity (Wildman–Crippen MR) is 148 cm³/mol. The third-order valence-electron chi connectivity index (χ3n) is 4.64. The third kappa shape index (κ3) is 9.31. The lowest BCUT2D eigenvalue weighted by Gasteiger charge is -2.15. The van der Waals surface area contributed by atoms with Crippen molar-refractivity contribution in [1.82, 2.24) is 18.4 Å². The Morgan fingerprint density at radius 1 is 1.05 bits per heavy atom. The van der Waals surface area contributed by atoms with Crippen molar-refractivity contribution < 1.29 is 40.8 Å². The van der Waals surface area contributed by atoms with Gasteiger partial charge < -0.3 is 19.9 Å². The summed E-state index contributed by atoms with van der Waals surface area (Å²) in [5, 5.41) is 12.7. The van der Waals surface area contributed by atoms with E-state index >= 15 is 0 Å². The number of aromatic nitrogens is 2. The summed E-state index contributed by atoms with van der Waals surface area (Å²) in [5.74, 6) is 0.668. The number of methoxy groups -OCH3 is 2. The van der Waals surface area contributed by atoms with Crippen LogP contribution < -0.4 is 30.0 Å². The Morgan fingerprint density at radius 3 is 2.10 bits per heavy atom. The Bertz CT molecular complexity index is 1600. The standard InChI is InChI=1S/C12H9ClN2O3.C9H15N5O7S2/c13-11-10(18-8-4-2-1-3-5-8)7-6-9(12(11)14)15(16)17;1-14(22(4,16)17)23(18,19)13-9(15)12-8-10-6(20-2)5-7(11-8)21-3/h1-7H,14H2;5H,1-4H3,(H2,10,11,12,13,15). The van der Waals surface area contributed by atoms with E-state index in [0.717, 1.165) is 7.05 Å². The maximum Gasteiger partial charge on any atom is 0.336 e. The molecule has 0 spiro atoms. The van der Waals surface area contributed by atoms with Gasteiger partial charge in [0, 0.05) is 13.1 Å². The molecule has 3 aromatic rings. The molecule has 0 atom stereocenters. The topological polar surface area (TPSA) is 235 Å². The number of rotatable bonds is 9. The quantitative estimate of drug-likeness (QED) is 0.174. The monoisotopic (exact) mass is 633 g/mol. The number of para-hydroxylation sites is 1. The van der Waals surface area contributed by atoms with E-state index < -0.39 is 31.2 Å². The number of carbonyl (C=O) groups is 1. The van der Waals surface area contributed by atoms with E-state index in [1.165, 1.54) is 37.1 Å². The van der Waals surface area contributed by atoms with E-state index in [1.807, 2.05) is 11.4 Å². The number of carbonyl (C=O) groups excluding carboxylic acids is 1. The SMILES string of the molecule is COc1cc(OC)nc(NC(=O)NS(=O)(=O)N(C)S(C)(=O)=O)n1.Nc1c([N+](=O)[O-])ccc(Oc2ccccc2)c1Cl. The van der Waals surface area contributed by atoms with Crippen LogP contribution in [0.2, 0.25) is 5.02 Å². The predicted octanol–water partition coefficient (Wildman–Crippen LogP) is 2.37. The molecule has 0 fully saturated rings. The molecule has 0 aliphatic carbocycles. The van der Waals surface area contributed by atoms with Crippen LogP contribution in [0.15, 0.2) is 48.5 Å². The van der Waals surface area contributed by atoms with Crippen LogP contribution in [0.4, 0.5) is 22.1 Å². The number of benzene rings is 2. The number of nitrogen functional groups attached to an aromatic ring is 1. The van der Waals surface area contributed by atoms with Gasteiger partial charge in [-0.05, 0) is 18.2 Å². The number of urea groups is 1. The molecule has 17 nitrogen and oxygen atoms in total. The molecule has 1 aromatic heterocycles. The highest BCUT2D eigenvalue weighted by atomic mass is 35.5. The van der Waals surface area contributed by atoms with Gasteiger partial charge in [-0.25, -0.2) is 17.9 Å². The molecule has 2 aromatic carbocycles. The highest BCUT2D eigenvalue weighted by Crippen LogP contribution is 2.38. The van der Waals surface area contributed by atoms with Crippen molar-refractivity contribution in [2.45, 2.75) is 0 Å². The van der Waals surface area contributed by atoms with E-state index in [0.29, 0.717) is 12.0 Å². The molecule has 3 rings (SSSR count). The maximum atomic E-state index is 11.7. The third-order valence-corrected chi connectivity index (χ3v) is 8.48.